The second-order valence-corrected chi connectivity index (χ2v) is 5.56. The van der Waals surface area contributed by atoms with Gasteiger partial charge in [-0.2, -0.15) is 0 Å². The first-order valence-corrected chi connectivity index (χ1v) is 7.83. The Hall–Kier alpha value is -2.11. The highest BCUT2D eigenvalue weighted by atomic mass is 16.2. The van der Waals surface area contributed by atoms with Crippen LogP contribution in [0.4, 0.5) is 0 Å². The normalized spacial score (nSPS) is 11.8. The van der Waals surface area contributed by atoms with E-state index in [2.05, 4.69) is 24.1 Å². The Morgan fingerprint density at radius 3 is 2.64 bits per heavy atom. The molecule has 0 atom stereocenters. The van der Waals surface area contributed by atoms with Crippen LogP contribution in [-0.4, -0.2) is 18.7 Å². The number of rotatable bonds is 7. The molecule has 2 aromatic heterocycles. The van der Waals surface area contributed by atoms with Crippen molar-refractivity contribution in [1.29, 1.82) is 0 Å². The van der Waals surface area contributed by atoms with Crippen molar-refractivity contribution in [2.45, 2.75) is 45.6 Å². The first kappa shape index (κ1) is 16.3. The topological polar surface area (TPSA) is 61.8 Å². The van der Waals surface area contributed by atoms with E-state index in [0.29, 0.717) is 17.7 Å². The summed E-state index contributed by atoms with van der Waals surface area (Å²) in [5.41, 5.74) is 0.387. The molecule has 120 valence electrons. The van der Waals surface area contributed by atoms with Crippen LogP contribution in [0.3, 0.4) is 0 Å². The van der Waals surface area contributed by atoms with Crippen molar-refractivity contribution in [3.05, 3.63) is 39.3 Å². The van der Waals surface area contributed by atoms with Crippen LogP contribution in [0, 0.1) is 0 Å². The fourth-order valence-electron chi connectivity index (χ4n) is 2.59. The number of imidazole rings is 1. The average molecular weight is 304 g/mol. The number of allylic oxidation sites excluding steroid dienone is 2. The molecule has 6 heteroatoms. The summed E-state index contributed by atoms with van der Waals surface area (Å²) in [5, 5.41) is 0. The van der Waals surface area contributed by atoms with Gasteiger partial charge in [0.05, 0.1) is 6.33 Å². The predicted molar refractivity (Wildman–Crippen MR) is 88.1 cm³/mol. The maximum atomic E-state index is 12.5. The molecular weight excluding hydrogens is 280 g/mol. The van der Waals surface area contributed by atoms with Crippen molar-refractivity contribution in [1.82, 2.24) is 18.7 Å². The Morgan fingerprint density at radius 1 is 1.14 bits per heavy atom. The van der Waals surface area contributed by atoms with Crippen LogP contribution in [0.25, 0.3) is 11.2 Å². The number of hydrogen-bond donors (Lipinski definition) is 0. The number of unbranched alkanes of at least 4 members (excludes halogenated alkanes) is 3. The van der Waals surface area contributed by atoms with Crippen LogP contribution < -0.4 is 11.2 Å². The lowest BCUT2D eigenvalue weighted by Gasteiger charge is -2.08. The molecular formula is C16H24N4O2. The van der Waals surface area contributed by atoms with Crippen molar-refractivity contribution in [2.24, 2.45) is 14.1 Å². The molecule has 22 heavy (non-hydrogen) atoms. The van der Waals surface area contributed by atoms with Crippen molar-refractivity contribution in [2.75, 3.05) is 0 Å². The summed E-state index contributed by atoms with van der Waals surface area (Å²) in [6.45, 7) is 2.58. The van der Waals surface area contributed by atoms with Gasteiger partial charge in [0.2, 0.25) is 0 Å². The fourth-order valence-corrected chi connectivity index (χ4v) is 2.59. The summed E-state index contributed by atoms with van der Waals surface area (Å²) < 4.78 is 4.44. The molecule has 0 aliphatic heterocycles. The molecule has 6 nitrogen and oxygen atoms in total. The first-order chi connectivity index (χ1) is 10.6. The number of aromatic nitrogens is 4. The lowest BCUT2D eigenvalue weighted by Crippen LogP contribution is -2.39. The summed E-state index contributed by atoms with van der Waals surface area (Å²) in [7, 11) is 3.43. The van der Waals surface area contributed by atoms with Gasteiger partial charge >= 0.3 is 5.69 Å². The van der Waals surface area contributed by atoms with Crippen molar-refractivity contribution < 1.29 is 0 Å². The Morgan fingerprint density at radius 2 is 1.91 bits per heavy atom. The van der Waals surface area contributed by atoms with Crippen LogP contribution in [0.15, 0.2) is 28.1 Å². The van der Waals surface area contributed by atoms with E-state index >= 15 is 0 Å². The predicted octanol–water partition coefficient (Wildman–Crippen LogP) is 1.96. The van der Waals surface area contributed by atoms with E-state index in [0.717, 1.165) is 32.1 Å². The van der Waals surface area contributed by atoms with Gasteiger partial charge in [-0.3, -0.25) is 13.9 Å². The molecule has 0 saturated carbocycles. The second-order valence-electron chi connectivity index (χ2n) is 5.56. The van der Waals surface area contributed by atoms with Crippen molar-refractivity contribution in [3.63, 3.8) is 0 Å². The number of fused-ring (bicyclic) bond motifs is 1. The van der Waals surface area contributed by atoms with Gasteiger partial charge in [0, 0.05) is 20.6 Å². The molecule has 0 unspecified atom stereocenters. The standard InChI is InChI=1S/C16H24N4O2/c1-4-5-6-7-8-9-10-11-20-15(21)13-14(17-12-18(13)2)19(3)16(20)22/h5-6,12H,4,7-11H2,1-3H3/b6-5-. The molecule has 2 heterocycles. The summed E-state index contributed by atoms with van der Waals surface area (Å²) in [4.78, 5) is 28.9. The molecule has 0 aliphatic rings. The maximum Gasteiger partial charge on any atom is 0.332 e. The second kappa shape index (κ2) is 7.24. The van der Waals surface area contributed by atoms with Crippen LogP contribution in [0.1, 0.15) is 39.0 Å². The van der Waals surface area contributed by atoms with Gasteiger partial charge in [-0.25, -0.2) is 9.78 Å². The lowest BCUT2D eigenvalue weighted by molar-refractivity contribution is 0.543. The molecule has 0 saturated heterocycles. The Balaban J connectivity index is 2.11. The smallest absolute Gasteiger partial charge is 0.328 e. The van der Waals surface area contributed by atoms with E-state index in [1.807, 2.05) is 0 Å². The Kier molecular flexibility index (Phi) is 5.35. The minimum Gasteiger partial charge on any atom is -0.328 e. The largest absolute Gasteiger partial charge is 0.332 e. The van der Waals surface area contributed by atoms with Crippen LogP contribution in [0.5, 0.6) is 0 Å². The van der Waals surface area contributed by atoms with Crippen molar-refractivity contribution in [3.8, 4) is 0 Å². The van der Waals surface area contributed by atoms with Gasteiger partial charge < -0.3 is 4.57 Å². The zero-order valence-corrected chi connectivity index (χ0v) is 13.6. The van der Waals surface area contributed by atoms with E-state index in [1.54, 1.807) is 25.0 Å². The highest BCUT2D eigenvalue weighted by Crippen LogP contribution is 2.05. The molecule has 0 N–H and O–H groups in total. The fraction of sp³-hybridized carbons (Fsp3) is 0.562. The maximum absolute atomic E-state index is 12.5. The summed E-state index contributed by atoms with van der Waals surface area (Å²) in [6, 6.07) is 0. The van der Waals surface area contributed by atoms with Crippen LogP contribution in [0.2, 0.25) is 0 Å². The Bertz CT molecular complexity index is 780. The molecule has 0 radical (unpaired) electrons. The van der Waals surface area contributed by atoms with E-state index in [4.69, 9.17) is 0 Å². The van der Waals surface area contributed by atoms with Gasteiger partial charge in [-0.15, -0.1) is 0 Å². The van der Waals surface area contributed by atoms with Crippen LogP contribution in [-0.2, 0) is 20.6 Å². The molecule has 0 aromatic carbocycles. The molecule has 0 aliphatic carbocycles. The number of nitrogens with zero attached hydrogens (tertiary/aromatic N) is 4. The molecule has 0 bridgehead atoms. The number of hydrogen-bond acceptors (Lipinski definition) is 3. The summed E-state index contributed by atoms with van der Waals surface area (Å²) in [6.07, 6.45) is 11.0. The zero-order chi connectivity index (χ0) is 16.1. The van der Waals surface area contributed by atoms with Crippen molar-refractivity contribution >= 4 is 11.2 Å². The van der Waals surface area contributed by atoms with Gasteiger partial charge in [-0.05, 0) is 25.7 Å². The molecule has 0 fully saturated rings. The van der Waals surface area contributed by atoms with E-state index in [9.17, 15) is 9.59 Å². The average Bonchev–Trinajstić information content (AvgIpc) is 2.89. The molecule has 0 amide bonds. The summed E-state index contributed by atoms with van der Waals surface area (Å²) in [5.74, 6) is 0. The molecule has 2 rings (SSSR count). The quantitative estimate of drug-likeness (QED) is 0.580. The zero-order valence-electron chi connectivity index (χ0n) is 13.6. The minimum absolute atomic E-state index is 0.246. The van der Waals surface area contributed by atoms with Gasteiger partial charge in [0.1, 0.15) is 0 Å². The highest BCUT2D eigenvalue weighted by molar-refractivity contribution is 5.69. The highest BCUT2D eigenvalue weighted by Gasteiger charge is 2.14. The van der Waals surface area contributed by atoms with Gasteiger partial charge in [-0.1, -0.05) is 25.5 Å². The number of aryl methyl sites for hydroxylation is 2. The minimum atomic E-state index is -0.290. The van der Waals surface area contributed by atoms with E-state index < -0.39 is 0 Å². The lowest BCUT2D eigenvalue weighted by atomic mass is 10.2. The molecule has 2 aromatic rings. The third-order valence-electron chi connectivity index (χ3n) is 3.86. The van der Waals surface area contributed by atoms with Gasteiger partial charge in [0.15, 0.2) is 11.2 Å². The Labute approximate surface area is 129 Å². The third-order valence-corrected chi connectivity index (χ3v) is 3.86. The van der Waals surface area contributed by atoms with Crippen LogP contribution >= 0.6 is 0 Å². The monoisotopic (exact) mass is 304 g/mol. The van der Waals surface area contributed by atoms with E-state index in [1.165, 1.54) is 9.13 Å². The molecule has 0 spiro atoms. The van der Waals surface area contributed by atoms with E-state index in [-0.39, 0.29) is 11.2 Å². The summed E-state index contributed by atoms with van der Waals surface area (Å²) >= 11 is 0. The third kappa shape index (κ3) is 3.21. The van der Waals surface area contributed by atoms with Gasteiger partial charge in [0.25, 0.3) is 5.56 Å². The first-order valence-electron chi connectivity index (χ1n) is 7.83. The SMILES string of the molecule is CC/C=C\CCCCCn1c(=O)c2c(ncn2C)n(C)c1=O.